The van der Waals surface area contributed by atoms with Crippen molar-refractivity contribution in [2.24, 2.45) is 13.0 Å². The molecule has 2 aliphatic rings. The molecular weight excluding hydrogens is 364 g/mol. The lowest BCUT2D eigenvalue weighted by atomic mass is 10.0. The van der Waals surface area contributed by atoms with Crippen molar-refractivity contribution in [2.45, 2.75) is 32.1 Å². The highest BCUT2D eigenvalue weighted by Crippen LogP contribution is 2.31. The molecular formula is C22H28N6O. The average Bonchev–Trinajstić information content (AvgIpc) is 3.48. The van der Waals surface area contributed by atoms with Crippen LogP contribution in [0.5, 0.6) is 0 Å². The smallest absolute Gasteiger partial charge is 0.222 e. The predicted molar refractivity (Wildman–Crippen MR) is 114 cm³/mol. The Bertz CT molecular complexity index is 1010. The molecule has 3 aromatic rings. The Balaban J connectivity index is 1.30. The molecule has 0 aromatic carbocycles. The molecule has 2 fully saturated rings. The van der Waals surface area contributed by atoms with Crippen molar-refractivity contribution in [1.29, 1.82) is 0 Å². The van der Waals surface area contributed by atoms with E-state index in [-0.39, 0.29) is 0 Å². The molecule has 1 aliphatic carbocycles. The molecule has 1 N–H and O–H groups in total. The van der Waals surface area contributed by atoms with E-state index < -0.39 is 0 Å². The van der Waals surface area contributed by atoms with Crippen LogP contribution in [0.25, 0.3) is 22.3 Å². The Labute approximate surface area is 170 Å². The van der Waals surface area contributed by atoms with Gasteiger partial charge in [-0.05, 0) is 30.9 Å². The van der Waals surface area contributed by atoms with E-state index in [9.17, 15) is 4.79 Å². The van der Waals surface area contributed by atoms with E-state index in [4.69, 9.17) is 0 Å². The number of aromatic amines is 1. The summed E-state index contributed by atoms with van der Waals surface area (Å²) < 4.78 is 1.80. The van der Waals surface area contributed by atoms with E-state index in [2.05, 4.69) is 37.0 Å². The molecule has 4 heterocycles. The van der Waals surface area contributed by atoms with Crippen LogP contribution < -0.4 is 4.90 Å². The number of nitrogens with one attached hydrogen (secondary N) is 1. The minimum atomic E-state index is 0.344. The third-order valence-corrected chi connectivity index (χ3v) is 6.44. The van der Waals surface area contributed by atoms with Gasteiger partial charge in [-0.3, -0.25) is 9.48 Å². The highest BCUT2D eigenvalue weighted by atomic mass is 16.2. The van der Waals surface area contributed by atoms with Crippen molar-refractivity contribution in [3.05, 3.63) is 30.7 Å². The number of carbonyl (C=O) groups excluding carboxylic acids is 1. The van der Waals surface area contributed by atoms with Crippen LogP contribution in [0.1, 0.15) is 32.1 Å². The maximum atomic E-state index is 12.7. The standard InChI is InChI=1S/C22H28N6O/c1-26-15-17(14-24-26)19-13-18-20(6-7-23-22(18)25-19)27-8-10-28(11-9-27)21(29)12-16-4-2-3-5-16/h6-7,13-16H,2-5,8-12H2,1H3,(H,23,25). The number of H-pyrrole nitrogens is 1. The SMILES string of the molecule is Cn1cc(-c2cc3c(N4CCN(C(=O)CC5CCCC5)CC4)ccnc3[nH]2)cn1. The topological polar surface area (TPSA) is 70.1 Å². The molecule has 1 aliphatic heterocycles. The molecule has 0 spiro atoms. The predicted octanol–water partition coefficient (Wildman–Crippen LogP) is 3.19. The van der Waals surface area contributed by atoms with Gasteiger partial charge in [-0.1, -0.05) is 12.8 Å². The molecule has 5 rings (SSSR count). The van der Waals surface area contributed by atoms with Crippen LogP contribution >= 0.6 is 0 Å². The Morgan fingerprint density at radius 1 is 1.21 bits per heavy atom. The second-order valence-corrected chi connectivity index (χ2v) is 8.40. The molecule has 29 heavy (non-hydrogen) atoms. The number of carbonyl (C=O) groups is 1. The Morgan fingerprint density at radius 3 is 2.72 bits per heavy atom. The third-order valence-electron chi connectivity index (χ3n) is 6.44. The van der Waals surface area contributed by atoms with Crippen molar-refractivity contribution in [3.8, 4) is 11.3 Å². The zero-order valence-corrected chi connectivity index (χ0v) is 17.0. The van der Waals surface area contributed by atoms with Gasteiger partial charge >= 0.3 is 0 Å². The third kappa shape index (κ3) is 3.61. The van der Waals surface area contributed by atoms with Gasteiger partial charge in [0.15, 0.2) is 0 Å². The number of pyridine rings is 1. The van der Waals surface area contributed by atoms with Crippen molar-refractivity contribution in [1.82, 2.24) is 24.6 Å². The van der Waals surface area contributed by atoms with Crippen LogP contribution in [-0.2, 0) is 11.8 Å². The summed E-state index contributed by atoms with van der Waals surface area (Å²) in [6, 6.07) is 4.24. The fourth-order valence-electron chi connectivity index (χ4n) is 4.79. The molecule has 0 radical (unpaired) electrons. The van der Waals surface area contributed by atoms with E-state index in [1.165, 1.54) is 31.4 Å². The first-order valence-electron chi connectivity index (χ1n) is 10.7. The zero-order chi connectivity index (χ0) is 19.8. The number of aryl methyl sites for hydroxylation is 1. The van der Waals surface area contributed by atoms with Gasteiger partial charge in [-0.25, -0.2) is 4.98 Å². The first-order chi connectivity index (χ1) is 14.2. The number of amides is 1. The largest absolute Gasteiger partial charge is 0.367 e. The molecule has 1 saturated heterocycles. The minimum absolute atomic E-state index is 0.344. The van der Waals surface area contributed by atoms with Gasteiger partial charge in [0.1, 0.15) is 5.65 Å². The summed E-state index contributed by atoms with van der Waals surface area (Å²) in [6.07, 6.45) is 11.5. The van der Waals surface area contributed by atoms with E-state index in [0.29, 0.717) is 11.8 Å². The van der Waals surface area contributed by atoms with Gasteiger partial charge in [-0.2, -0.15) is 5.10 Å². The van der Waals surface area contributed by atoms with E-state index >= 15 is 0 Å². The minimum Gasteiger partial charge on any atom is -0.367 e. The highest BCUT2D eigenvalue weighted by molar-refractivity contribution is 5.93. The van der Waals surface area contributed by atoms with Gasteiger partial charge in [-0.15, -0.1) is 0 Å². The van der Waals surface area contributed by atoms with Crippen molar-refractivity contribution < 1.29 is 4.79 Å². The first kappa shape index (κ1) is 18.2. The number of hydrogen-bond donors (Lipinski definition) is 1. The fourth-order valence-corrected chi connectivity index (χ4v) is 4.79. The van der Waals surface area contributed by atoms with Crippen LogP contribution in [0.4, 0.5) is 5.69 Å². The lowest BCUT2D eigenvalue weighted by Crippen LogP contribution is -2.49. The molecule has 1 amide bonds. The number of fused-ring (bicyclic) bond motifs is 1. The summed E-state index contributed by atoms with van der Waals surface area (Å²) >= 11 is 0. The van der Waals surface area contributed by atoms with E-state index in [1.54, 1.807) is 4.68 Å². The number of piperazine rings is 1. The summed E-state index contributed by atoms with van der Waals surface area (Å²) in [6.45, 7) is 3.33. The van der Waals surface area contributed by atoms with Gasteiger partial charge in [0, 0.05) is 68.7 Å². The maximum Gasteiger partial charge on any atom is 0.222 e. The molecule has 0 atom stereocenters. The quantitative estimate of drug-likeness (QED) is 0.740. The molecule has 7 heteroatoms. The monoisotopic (exact) mass is 392 g/mol. The van der Waals surface area contributed by atoms with Crippen LogP contribution in [0.2, 0.25) is 0 Å². The van der Waals surface area contributed by atoms with Gasteiger partial charge in [0.2, 0.25) is 5.91 Å². The van der Waals surface area contributed by atoms with Crippen molar-refractivity contribution >= 4 is 22.6 Å². The average molecular weight is 393 g/mol. The second kappa shape index (κ2) is 7.54. The lowest BCUT2D eigenvalue weighted by molar-refractivity contribution is -0.132. The van der Waals surface area contributed by atoms with E-state index in [0.717, 1.165) is 54.9 Å². The number of hydrogen-bond acceptors (Lipinski definition) is 4. The summed E-state index contributed by atoms with van der Waals surface area (Å²) in [5.74, 6) is 0.961. The highest BCUT2D eigenvalue weighted by Gasteiger charge is 2.26. The van der Waals surface area contributed by atoms with Crippen LogP contribution in [-0.4, -0.2) is 56.7 Å². The Morgan fingerprint density at radius 2 is 2.00 bits per heavy atom. The molecule has 7 nitrogen and oxygen atoms in total. The van der Waals surface area contributed by atoms with Gasteiger partial charge in [0.05, 0.1) is 11.9 Å². The van der Waals surface area contributed by atoms with Gasteiger partial charge in [0.25, 0.3) is 0 Å². The Hall–Kier alpha value is -2.83. The van der Waals surface area contributed by atoms with Crippen LogP contribution in [0, 0.1) is 5.92 Å². The molecule has 152 valence electrons. The number of nitrogens with zero attached hydrogens (tertiary/aromatic N) is 5. The number of aromatic nitrogens is 4. The normalized spacial score (nSPS) is 18.1. The maximum absolute atomic E-state index is 12.7. The van der Waals surface area contributed by atoms with E-state index in [1.807, 2.05) is 25.6 Å². The van der Waals surface area contributed by atoms with Crippen molar-refractivity contribution in [3.63, 3.8) is 0 Å². The Kier molecular flexibility index (Phi) is 4.73. The van der Waals surface area contributed by atoms with Crippen LogP contribution in [0.3, 0.4) is 0 Å². The molecule has 0 unspecified atom stereocenters. The van der Waals surface area contributed by atoms with Crippen molar-refractivity contribution in [2.75, 3.05) is 31.1 Å². The number of rotatable bonds is 4. The number of anilines is 1. The van der Waals surface area contributed by atoms with Crippen LogP contribution in [0.15, 0.2) is 30.7 Å². The zero-order valence-electron chi connectivity index (χ0n) is 17.0. The lowest BCUT2D eigenvalue weighted by Gasteiger charge is -2.36. The first-order valence-corrected chi connectivity index (χ1v) is 10.7. The molecule has 3 aromatic heterocycles. The summed E-state index contributed by atoms with van der Waals surface area (Å²) in [7, 11) is 1.92. The molecule has 0 bridgehead atoms. The summed E-state index contributed by atoms with van der Waals surface area (Å²) in [5, 5.41) is 5.39. The summed E-state index contributed by atoms with van der Waals surface area (Å²) in [5.41, 5.74) is 4.16. The summed E-state index contributed by atoms with van der Waals surface area (Å²) in [4.78, 5) is 25.0. The second-order valence-electron chi connectivity index (χ2n) is 8.40. The van der Waals surface area contributed by atoms with Gasteiger partial charge < -0.3 is 14.8 Å². The fraction of sp³-hybridized carbons (Fsp3) is 0.500. The molecule has 1 saturated carbocycles.